The van der Waals surface area contributed by atoms with Gasteiger partial charge in [-0.25, -0.2) is 30.7 Å². The van der Waals surface area contributed by atoms with Gasteiger partial charge in [0, 0.05) is 62.2 Å². The molecule has 36 heavy (non-hydrogen) atoms. The first kappa shape index (κ1) is 24.3. The molecule has 0 aliphatic carbocycles. The van der Waals surface area contributed by atoms with Gasteiger partial charge in [-0.2, -0.15) is 5.10 Å². The van der Waals surface area contributed by atoms with E-state index >= 15 is 0 Å². The van der Waals surface area contributed by atoms with E-state index in [1.54, 1.807) is 4.90 Å². The summed E-state index contributed by atoms with van der Waals surface area (Å²) in [6.07, 6.45) is 1.81. The summed E-state index contributed by atoms with van der Waals surface area (Å²) in [5, 5.41) is 4.30. The van der Waals surface area contributed by atoms with Crippen LogP contribution in [0.5, 0.6) is 0 Å². The first-order chi connectivity index (χ1) is 16.9. The van der Waals surface area contributed by atoms with Crippen LogP contribution in [0, 0.1) is 11.6 Å². The van der Waals surface area contributed by atoms with Crippen LogP contribution in [0.2, 0.25) is 0 Å². The molecule has 12 heteroatoms. The number of amides is 1. The second-order valence-electron chi connectivity index (χ2n) is 9.10. The zero-order valence-corrected chi connectivity index (χ0v) is 20.0. The Morgan fingerprint density at radius 2 is 1.72 bits per heavy atom. The summed E-state index contributed by atoms with van der Waals surface area (Å²) in [5.74, 6) is -4.53. The highest BCUT2D eigenvalue weighted by Crippen LogP contribution is 2.34. The summed E-state index contributed by atoms with van der Waals surface area (Å²) in [4.78, 5) is 16.6. The first-order valence-corrected chi connectivity index (χ1v) is 13.1. The van der Waals surface area contributed by atoms with Crippen molar-refractivity contribution < 1.29 is 30.8 Å². The number of fused-ring (bicyclic) bond motifs is 1. The molecule has 1 amide bonds. The SMILES string of the molecule is CS(=O)(=O)c1ccc(N2CCC(F)(F)CC2)c(C(=O)N2Cc3cn(-c4cc(F)ccc4F)nc3C2)c1. The number of rotatable bonds is 4. The van der Waals surface area contributed by atoms with Crippen molar-refractivity contribution in [2.24, 2.45) is 0 Å². The second kappa shape index (κ2) is 8.61. The molecule has 7 nitrogen and oxygen atoms in total. The zero-order valence-electron chi connectivity index (χ0n) is 19.2. The molecule has 0 radical (unpaired) electrons. The molecule has 1 saturated heterocycles. The first-order valence-electron chi connectivity index (χ1n) is 11.2. The number of carbonyl (C=O) groups is 1. The predicted molar refractivity (Wildman–Crippen MR) is 123 cm³/mol. The van der Waals surface area contributed by atoms with E-state index in [4.69, 9.17) is 0 Å². The number of hydrogen-bond acceptors (Lipinski definition) is 5. The molecule has 2 aromatic carbocycles. The normalized spacial score (nSPS) is 17.4. The maximum atomic E-state index is 14.2. The third-order valence-corrected chi connectivity index (χ3v) is 7.59. The second-order valence-corrected chi connectivity index (χ2v) is 11.1. The molecule has 0 bridgehead atoms. The van der Waals surface area contributed by atoms with Gasteiger partial charge in [-0.3, -0.25) is 4.79 Å². The molecule has 1 aromatic heterocycles. The Morgan fingerprint density at radius 1 is 1.00 bits per heavy atom. The fraction of sp³-hybridized carbons (Fsp3) is 0.333. The molecule has 1 fully saturated rings. The predicted octanol–water partition coefficient (Wildman–Crippen LogP) is 3.95. The third kappa shape index (κ3) is 4.57. The summed E-state index contributed by atoms with van der Waals surface area (Å²) < 4.78 is 80.7. The monoisotopic (exact) mass is 522 g/mol. The minimum absolute atomic E-state index is 0.0253. The Labute approximate surface area is 204 Å². The lowest BCUT2D eigenvalue weighted by Gasteiger charge is -2.35. The fourth-order valence-corrected chi connectivity index (χ4v) is 5.17. The number of benzene rings is 2. The van der Waals surface area contributed by atoms with Crippen LogP contribution in [-0.2, 0) is 22.9 Å². The Bertz CT molecular complexity index is 1440. The van der Waals surface area contributed by atoms with Gasteiger partial charge in [0.25, 0.3) is 11.8 Å². The number of sulfone groups is 1. The highest BCUT2D eigenvalue weighted by molar-refractivity contribution is 7.90. The molecule has 0 unspecified atom stereocenters. The molecule has 3 aromatic rings. The van der Waals surface area contributed by atoms with E-state index in [-0.39, 0.29) is 55.2 Å². The van der Waals surface area contributed by atoms with E-state index in [9.17, 15) is 30.8 Å². The topological polar surface area (TPSA) is 75.5 Å². The molecular formula is C24H22F4N4O3S. The van der Waals surface area contributed by atoms with Crippen LogP contribution in [0.3, 0.4) is 0 Å². The molecule has 5 rings (SSSR count). The number of carbonyl (C=O) groups excluding carboxylic acids is 1. The highest BCUT2D eigenvalue weighted by Gasteiger charge is 2.36. The molecule has 190 valence electrons. The van der Waals surface area contributed by atoms with Crippen molar-refractivity contribution in [2.75, 3.05) is 24.2 Å². The van der Waals surface area contributed by atoms with E-state index < -0.39 is 33.3 Å². The number of anilines is 1. The molecule has 0 N–H and O–H groups in total. The Hall–Kier alpha value is -3.41. The van der Waals surface area contributed by atoms with Crippen molar-refractivity contribution in [3.63, 3.8) is 0 Å². The lowest BCUT2D eigenvalue weighted by atomic mass is 10.0. The van der Waals surface area contributed by atoms with Crippen molar-refractivity contribution >= 4 is 21.4 Å². The maximum Gasteiger partial charge on any atom is 0.256 e. The quantitative estimate of drug-likeness (QED) is 0.486. The van der Waals surface area contributed by atoms with Crippen LogP contribution in [0.25, 0.3) is 5.69 Å². The van der Waals surface area contributed by atoms with Gasteiger partial charge < -0.3 is 9.80 Å². The van der Waals surface area contributed by atoms with Gasteiger partial charge in [0.1, 0.15) is 17.3 Å². The van der Waals surface area contributed by atoms with E-state index in [2.05, 4.69) is 5.10 Å². The average Bonchev–Trinajstić information content (AvgIpc) is 3.39. The summed E-state index contributed by atoms with van der Waals surface area (Å²) in [6, 6.07) is 7.15. The molecular weight excluding hydrogens is 500 g/mol. The summed E-state index contributed by atoms with van der Waals surface area (Å²) in [7, 11) is -3.63. The number of halogens is 4. The Balaban J connectivity index is 1.43. The van der Waals surface area contributed by atoms with Crippen molar-refractivity contribution in [2.45, 2.75) is 36.7 Å². The molecule has 2 aliphatic rings. The summed E-state index contributed by atoms with van der Waals surface area (Å²) in [5.41, 5.74) is 1.54. The fourth-order valence-electron chi connectivity index (χ4n) is 4.52. The van der Waals surface area contributed by atoms with Crippen molar-refractivity contribution in [3.8, 4) is 5.69 Å². The van der Waals surface area contributed by atoms with Crippen LogP contribution in [0.1, 0.15) is 34.5 Å². The van der Waals surface area contributed by atoms with Gasteiger partial charge in [0.05, 0.1) is 22.7 Å². The van der Waals surface area contributed by atoms with Crippen LogP contribution >= 0.6 is 0 Å². The molecule has 0 saturated carbocycles. The van der Waals surface area contributed by atoms with Crippen molar-refractivity contribution in [3.05, 3.63) is 71.1 Å². The lowest BCUT2D eigenvalue weighted by Crippen LogP contribution is -2.40. The zero-order chi connectivity index (χ0) is 25.8. The van der Waals surface area contributed by atoms with Gasteiger partial charge in [0.15, 0.2) is 9.84 Å². The third-order valence-electron chi connectivity index (χ3n) is 6.48. The van der Waals surface area contributed by atoms with Crippen LogP contribution < -0.4 is 4.90 Å². The number of nitrogens with zero attached hydrogens (tertiary/aromatic N) is 4. The minimum Gasteiger partial charge on any atom is -0.370 e. The number of aromatic nitrogens is 2. The van der Waals surface area contributed by atoms with E-state index in [1.165, 1.54) is 34.0 Å². The van der Waals surface area contributed by atoms with Crippen molar-refractivity contribution in [1.82, 2.24) is 14.7 Å². The Morgan fingerprint density at radius 3 is 2.39 bits per heavy atom. The van der Waals surface area contributed by atoms with Gasteiger partial charge in [-0.15, -0.1) is 0 Å². The lowest BCUT2D eigenvalue weighted by molar-refractivity contribution is -0.0220. The largest absolute Gasteiger partial charge is 0.370 e. The number of hydrogen-bond donors (Lipinski definition) is 0. The highest BCUT2D eigenvalue weighted by atomic mass is 32.2. The molecule has 3 heterocycles. The van der Waals surface area contributed by atoms with Crippen LogP contribution in [0.4, 0.5) is 23.2 Å². The average molecular weight is 523 g/mol. The maximum absolute atomic E-state index is 14.2. The van der Waals surface area contributed by atoms with Gasteiger partial charge in [0.2, 0.25) is 0 Å². The molecule has 2 aliphatic heterocycles. The number of alkyl halides is 2. The van der Waals surface area contributed by atoms with E-state index in [0.29, 0.717) is 16.9 Å². The standard InChI is InChI=1S/C24H22F4N4O3S/c1-36(34,35)17-3-5-21(30-8-6-24(27,28)7-9-30)18(11-17)23(33)31-12-15-13-32(29-20(15)14-31)22-10-16(25)2-4-19(22)26/h2-5,10-11,13H,6-9,12,14H2,1H3. The van der Waals surface area contributed by atoms with Crippen molar-refractivity contribution in [1.29, 1.82) is 0 Å². The van der Waals surface area contributed by atoms with Gasteiger partial charge >= 0.3 is 0 Å². The van der Waals surface area contributed by atoms with E-state index in [1.807, 2.05) is 0 Å². The van der Waals surface area contributed by atoms with Gasteiger partial charge in [-0.1, -0.05) is 0 Å². The van der Waals surface area contributed by atoms with Crippen LogP contribution in [-0.4, -0.2) is 54.3 Å². The minimum atomic E-state index is -3.63. The molecule has 0 atom stereocenters. The summed E-state index contributed by atoms with van der Waals surface area (Å²) >= 11 is 0. The summed E-state index contributed by atoms with van der Waals surface area (Å²) in [6.45, 7) is 0.236. The number of piperidine rings is 1. The Kier molecular flexibility index (Phi) is 5.81. The molecule has 0 spiro atoms. The van der Waals surface area contributed by atoms with Crippen LogP contribution in [0.15, 0.2) is 47.5 Å². The van der Waals surface area contributed by atoms with E-state index in [0.717, 1.165) is 24.5 Å². The van der Waals surface area contributed by atoms with Gasteiger partial charge in [-0.05, 0) is 30.3 Å². The smallest absolute Gasteiger partial charge is 0.256 e.